The molecule has 0 saturated carbocycles. The number of hydrogen-bond acceptors (Lipinski definition) is 4. The normalized spacial score (nSPS) is 13.6. The van der Waals surface area contributed by atoms with E-state index in [-0.39, 0.29) is 35.5 Å². The highest BCUT2D eigenvalue weighted by atomic mass is 16.5. The molecule has 0 N–H and O–H groups in total. The van der Waals surface area contributed by atoms with Crippen LogP contribution in [0.2, 0.25) is 0 Å². The van der Waals surface area contributed by atoms with Crippen LogP contribution in [0.3, 0.4) is 0 Å². The largest absolute Gasteiger partial charge is 0.462 e. The third-order valence-electron chi connectivity index (χ3n) is 4.51. The quantitative estimate of drug-likeness (QED) is 0.610. The first-order chi connectivity index (χ1) is 12.6. The highest BCUT2D eigenvalue weighted by Gasteiger charge is 2.36. The van der Waals surface area contributed by atoms with Gasteiger partial charge in [0.05, 0.1) is 6.61 Å². The Bertz CT molecular complexity index is 904. The molecule has 0 atom stereocenters. The Morgan fingerprint density at radius 1 is 0.846 bits per heavy atom. The monoisotopic (exact) mass is 348 g/mol. The van der Waals surface area contributed by atoms with E-state index in [1.165, 1.54) is 5.56 Å². The molecule has 2 aromatic rings. The maximum atomic E-state index is 13.0. The van der Waals surface area contributed by atoms with Crippen LogP contribution in [-0.2, 0) is 22.4 Å². The van der Waals surface area contributed by atoms with Crippen molar-refractivity contribution in [2.45, 2.75) is 26.7 Å². The highest BCUT2D eigenvalue weighted by molar-refractivity contribution is 6.35. The lowest BCUT2D eigenvalue weighted by molar-refractivity contribution is -0.138. The summed E-state index contributed by atoms with van der Waals surface area (Å²) >= 11 is 0. The lowest BCUT2D eigenvalue weighted by Crippen LogP contribution is -2.28. The number of esters is 1. The molecule has 4 nitrogen and oxygen atoms in total. The molecule has 132 valence electrons. The SMILES string of the molecule is CCOC(=O)C1=C(Cc2ccc(CC)cc2)C(=O)c2ccccc2C1=O. The topological polar surface area (TPSA) is 60.4 Å². The van der Waals surface area contributed by atoms with Crippen molar-refractivity contribution in [3.8, 4) is 0 Å². The minimum atomic E-state index is -0.736. The Kier molecular flexibility index (Phi) is 5.12. The van der Waals surface area contributed by atoms with E-state index < -0.39 is 11.8 Å². The Balaban J connectivity index is 2.08. The fourth-order valence-corrected chi connectivity index (χ4v) is 3.11. The second kappa shape index (κ2) is 7.48. The van der Waals surface area contributed by atoms with E-state index in [9.17, 15) is 14.4 Å². The number of aryl methyl sites for hydroxylation is 1. The molecule has 4 heteroatoms. The van der Waals surface area contributed by atoms with Gasteiger partial charge in [0.2, 0.25) is 5.78 Å². The van der Waals surface area contributed by atoms with E-state index in [1.807, 2.05) is 24.3 Å². The number of Topliss-reactive ketones (excluding diaryl/α,β-unsaturated/α-hetero) is 2. The molecular formula is C22H20O4. The number of hydrogen-bond donors (Lipinski definition) is 0. The predicted molar refractivity (Wildman–Crippen MR) is 98.3 cm³/mol. The van der Waals surface area contributed by atoms with Crippen molar-refractivity contribution in [2.75, 3.05) is 6.61 Å². The molecule has 0 fully saturated rings. The molecule has 0 saturated heterocycles. The summed E-state index contributed by atoms with van der Waals surface area (Å²) in [5.41, 5.74) is 2.71. The van der Waals surface area contributed by atoms with Gasteiger partial charge in [0.15, 0.2) is 5.78 Å². The van der Waals surface area contributed by atoms with Gasteiger partial charge in [0.1, 0.15) is 5.57 Å². The zero-order valence-corrected chi connectivity index (χ0v) is 14.9. The average molecular weight is 348 g/mol. The standard InChI is InChI=1S/C22H20O4/c1-3-14-9-11-15(12-10-14)13-18-19(22(25)26-4-2)21(24)17-8-6-5-7-16(17)20(18)23/h5-12H,3-4,13H2,1-2H3. The fraction of sp³-hybridized carbons (Fsp3) is 0.227. The van der Waals surface area contributed by atoms with Gasteiger partial charge in [-0.2, -0.15) is 0 Å². The zero-order valence-electron chi connectivity index (χ0n) is 14.9. The van der Waals surface area contributed by atoms with Crippen LogP contribution in [0.5, 0.6) is 0 Å². The molecule has 26 heavy (non-hydrogen) atoms. The average Bonchev–Trinajstić information content (AvgIpc) is 2.66. The Morgan fingerprint density at radius 3 is 2.00 bits per heavy atom. The minimum Gasteiger partial charge on any atom is -0.462 e. The van der Waals surface area contributed by atoms with Gasteiger partial charge in [-0.05, 0) is 24.5 Å². The molecule has 0 bridgehead atoms. The summed E-state index contributed by atoms with van der Waals surface area (Å²) in [6, 6.07) is 14.4. The second-order valence-corrected chi connectivity index (χ2v) is 6.12. The third kappa shape index (κ3) is 3.23. The van der Waals surface area contributed by atoms with Crippen molar-refractivity contribution in [1.29, 1.82) is 0 Å². The molecule has 2 aromatic carbocycles. The van der Waals surface area contributed by atoms with Crippen molar-refractivity contribution in [3.63, 3.8) is 0 Å². The van der Waals surface area contributed by atoms with Gasteiger partial charge in [-0.25, -0.2) is 4.79 Å². The van der Waals surface area contributed by atoms with Crippen LogP contribution >= 0.6 is 0 Å². The number of fused-ring (bicyclic) bond motifs is 1. The van der Waals surface area contributed by atoms with Gasteiger partial charge in [0, 0.05) is 23.1 Å². The summed E-state index contributed by atoms with van der Waals surface area (Å²) in [6.07, 6.45) is 1.14. The van der Waals surface area contributed by atoms with Crippen molar-refractivity contribution >= 4 is 17.5 Å². The summed E-state index contributed by atoms with van der Waals surface area (Å²) in [5, 5.41) is 0. The van der Waals surface area contributed by atoms with Gasteiger partial charge < -0.3 is 4.74 Å². The van der Waals surface area contributed by atoms with Crippen LogP contribution in [0.25, 0.3) is 0 Å². The summed E-state index contributed by atoms with van der Waals surface area (Å²) < 4.78 is 5.05. The zero-order chi connectivity index (χ0) is 18.7. The summed E-state index contributed by atoms with van der Waals surface area (Å²) in [6.45, 7) is 3.88. The fourth-order valence-electron chi connectivity index (χ4n) is 3.11. The minimum absolute atomic E-state index is 0.143. The number of benzene rings is 2. The summed E-state index contributed by atoms with van der Waals surface area (Å²) in [4.78, 5) is 38.3. The molecule has 0 heterocycles. The van der Waals surface area contributed by atoms with Crippen LogP contribution in [0.4, 0.5) is 0 Å². The summed E-state index contributed by atoms with van der Waals surface area (Å²) in [5.74, 6) is -1.47. The smallest absolute Gasteiger partial charge is 0.342 e. The maximum Gasteiger partial charge on any atom is 0.342 e. The van der Waals surface area contributed by atoms with Gasteiger partial charge in [-0.15, -0.1) is 0 Å². The molecule has 3 rings (SSSR count). The molecule has 0 radical (unpaired) electrons. The molecule has 0 aliphatic heterocycles. The van der Waals surface area contributed by atoms with E-state index in [1.54, 1.807) is 31.2 Å². The van der Waals surface area contributed by atoms with Crippen molar-refractivity contribution < 1.29 is 19.1 Å². The number of allylic oxidation sites excluding steroid dienone is 1. The van der Waals surface area contributed by atoms with Gasteiger partial charge >= 0.3 is 5.97 Å². The van der Waals surface area contributed by atoms with Gasteiger partial charge in [-0.3, -0.25) is 9.59 Å². The first-order valence-corrected chi connectivity index (χ1v) is 8.73. The number of ether oxygens (including phenoxy) is 1. The Morgan fingerprint density at radius 2 is 1.42 bits per heavy atom. The van der Waals surface area contributed by atoms with E-state index >= 15 is 0 Å². The molecular weight excluding hydrogens is 328 g/mol. The Hall–Kier alpha value is -3.01. The lowest BCUT2D eigenvalue weighted by atomic mass is 9.81. The number of rotatable bonds is 5. The van der Waals surface area contributed by atoms with Crippen molar-refractivity contribution in [2.24, 2.45) is 0 Å². The first kappa shape index (κ1) is 17.8. The number of carbonyl (C=O) groups is 3. The highest BCUT2D eigenvalue weighted by Crippen LogP contribution is 2.29. The van der Waals surface area contributed by atoms with E-state index in [4.69, 9.17) is 4.74 Å². The van der Waals surface area contributed by atoms with Gasteiger partial charge in [0.25, 0.3) is 0 Å². The number of carbonyl (C=O) groups excluding carboxylic acids is 3. The van der Waals surface area contributed by atoms with Crippen LogP contribution < -0.4 is 0 Å². The van der Waals surface area contributed by atoms with Gasteiger partial charge in [-0.1, -0.05) is 55.5 Å². The molecule has 0 unspecified atom stereocenters. The van der Waals surface area contributed by atoms with Crippen LogP contribution in [0.1, 0.15) is 45.7 Å². The molecule has 0 amide bonds. The van der Waals surface area contributed by atoms with Crippen molar-refractivity contribution in [3.05, 3.63) is 81.9 Å². The second-order valence-electron chi connectivity index (χ2n) is 6.12. The Labute approximate surface area is 152 Å². The van der Waals surface area contributed by atoms with E-state index in [0.717, 1.165) is 12.0 Å². The van der Waals surface area contributed by atoms with E-state index in [0.29, 0.717) is 5.56 Å². The van der Waals surface area contributed by atoms with E-state index in [2.05, 4.69) is 6.92 Å². The number of ketones is 2. The lowest BCUT2D eigenvalue weighted by Gasteiger charge is -2.20. The van der Waals surface area contributed by atoms with Crippen molar-refractivity contribution in [1.82, 2.24) is 0 Å². The summed E-state index contributed by atoms with van der Waals surface area (Å²) in [7, 11) is 0. The van der Waals surface area contributed by atoms with Crippen LogP contribution in [0.15, 0.2) is 59.7 Å². The maximum absolute atomic E-state index is 13.0. The first-order valence-electron chi connectivity index (χ1n) is 8.73. The van der Waals surface area contributed by atoms with Crippen LogP contribution in [-0.4, -0.2) is 24.1 Å². The predicted octanol–water partition coefficient (Wildman–Crippen LogP) is 3.73. The third-order valence-corrected chi connectivity index (χ3v) is 4.51. The molecule has 1 aliphatic carbocycles. The molecule has 1 aliphatic rings. The molecule has 0 aromatic heterocycles. The molecule has 0 spiro atoms. The van der Waals surface area contributed by atoms with Crippen LogP contribution in [0, 0.1) is 0 Å².